The number of thiophene rings is 1. The number of aromatic nitrogens is 1. The van der Waals surface area contributed by atoms with Crippen LogP contribution in [-0.2, 0) is 17.1 Å². The van der Waals surface area contributed by atoms with Crippen molar-refractivity contribution in [3.05, 3.63) is 52.5 Å². The molecular weight excluding hydrogens is 350 g/mol. The van der Waals surface area contributed by atoms with Crippen LogP contribution in [0.4, 0.5) is 0 Å². The van der Waals surface area contributed by atoms with Crippen molar-refractivity contribution in [2.24, 2.45) is 5.92 Å². The number of carbonyl (C=O) groups excluding carboxylic acids is 1. The average molecular weight is 376 g/mol. The minimum Gasteiger partial charge on any atom is -0.355 e. The molecule has 0 spiro atoms. The third-order valence-electron chi connectivity index (χ3n) is 4.38. The lowest BCUT2D eigenvalue weighted by Gasteiger charge is -2.32. The Balaban J connectivity index is 1.32. The first-order valence-electron chi connectivity index (χ1n) is 8.77. The molecule has 2 aromatic rings. The van der Waals surface area contributed by atoms with Gasteiger partial charge in [-0.1, -0.05) is 12.1 Å². The van der Waals surface area contributed by atoms with Crippen LogP contribution >= 0.6 is 23.1 Å². The molecule has 1 saturated heterocycles. The van der Waals surface area contributed by atoms with Crippen molar-refractivity contribution in [2.45, 2.75) is 25.1 Å². The highest BCUT2D eigenvalue weighted by Crippen LogP contribution is 2.20. The van der Waals surface area contributed by atoms with Crippen LogP contribution in [-0.4, -0.2) is 41.2 Å². The molecule has 4 nitrogen and oxygen atoms in total. The molecule has 2 aromatic heterocycles. The van der Waals surface area contributed by atoms with Gasteiger partial charge in [-0.05, 0) is 48.4 Å². The predicted octanol–water partition coefficient (Wildman–Crippen LogP) is 3.40. The molecule has 3 heterocycles. The predicted molar refractivity (Wildman–Crippen MR) is 106 cm³/mol. The Morgan fingerprint density at radius 1 is 1.40 bits per heavy atom. The molecule has 25 heavy (non-hydrogen) atoms. The normalized spacial score (nSPS) is 18.2. The molecule has 1 amide bonds. The fourth-order valence-electron chi connectivity index (χ4n) is 3.14. The summed E-state index contributed by atoms with van der Waals surface area (Å²) in [7, 11) is 0. The van der Waals surface area contributed by atoms with E-state index in [1.54, 1.807) is 18.0 Å². The van der Waals surface area contributed by atoms with Gasteiger partial charge in [0.1, 0.15) is 0 Å². The maximum absolute atomic E-state index is 12.1. The number of amides is 1. The molecule has 1 atom stereocenters. The third kappa shape index (κ3) is 6.45. The Morgan fingerprint density at radius 2 is 2.36 bits per heavy atom. The molecule has 6 heteroatoms. The van der Waals surface area contributed by atoms with Gasteiger partial charge in [0.05, 0.1) is 5.75 Å². The van der Waals surface area contributed by atoms with Gasteiger partial charge >= 0.3 is 0 Å². The molecule has 0 aromatic carbocycles. The number of thioether (sulfide) groups is 1. The molecule has 1 fully saturated rings. The van der Waals surface area contributed by atoms with Gasteiger partial charge in [0.2, 0.25) is 5.91 Å². The SMILES string of the molecule is O=C(CSCc1cccnc1)NC[C@@H]1CCCN(Cc2cccs2)C1. The molecule has 1 aliphatic rings. The van der Waals surface area contributed by atoms with Crippen LogP contribution in [0.25, 0.3) is 0 Å². The summed E-state index contributed by atoms with van der Waals surface area (Å²) in [5.74, 6) is 2.06. The van der Waals surface area contributed by atoms with Crippen LogP contribution in [0.2, 0.25) is 0 Å². The van der Waals surface area contributed by atoms with Gasteiger partial charge in [0.15, 0.2) is 0 Å². The molecule has 0 aliphatic carbocycles. The quantitative estimate of drug-likeness (QED) is 0.768. The molecule has 1 aliphatic heterocycles. The maximum Gasteiger partial charge on any atom is 0.230 e. The van der Waals surface area contributed by atoms with E-state index in [1.807, 2.05) is 29.7 Å². The van der Waals surface area contributed by atoms with Gasteiger partial charge < -0.3 is 5.32 Å². The summed E-state index contributed by atoms with van der Waals surface area (Å²) in [5, 5.41) is 5.26. The lowest BCUT2D eigenvalue weighted by atomic mass is 9.98. The second kappa shape index (κ2) is 9.94. The minimum absolute atomic E-state index is 0.143. The van der Waals surface area contributed by atoms with Gasteiger partial charge in [-0.2, -0.15) is 0 Å². The molecular formula is C19H25N3OS2. The van der Waals surface area contributed by atoms with E-state index in [1.165, 1.54) is 24.3 Å². The van der Waals surface area contributed by atoms with Gasteiger partial charge in [0, 0.05) is 42.7 Å². The number of rotatable bonds is 8. The van der Waals surface area contributed by atoms with Gasteiger partial charge in [-0.3, -0.25) is 14.7 Å². The Bertz CT molecular complexity index is 633. The zero-order valence-corrected chi connectivity index (χ0v) is 16.0. The largest absolute Gasteiger partial charge is 0.355 e. The Morgan fingerprint density at radius 3 is 3.16 bits per heavy atom. The van der Waals surface area contributed by atoms with E-state index >= 15 is 0 Å². The second-order valence-electron chi connectivity index (χ2n) is 6.48. The van der Waals surface area contributed by atoms with Crippen LogP contribution in [0.1, 0.15) is 23.3 Å². The first-order valence-corrected chi connectivity index (χ1v) is 10.8. The van der Waals surface area contributed by atoms with E-state index in [4.69, 9.17) is 0 Å². The Hall–Kier alpha value is -1.37. The van der Waals surface area contributed by atoms with Crippen molar-refractivity contribution in [3.8, 4) is 0 Å². The number of hydrogen-bond acceptors (Lipinski definition) is 5. The number of carbonyl (C=O) groups is 1. The summed E-state index contributed by atoms with van der Waals surface area (Å²) < 4.78 is 0. The van der Waals surface area contributed by atoms with Crippen LogP contribution in [0.5, 0.6) is 0 Å². The van der Waals surface area contributed by atoms with Crippen molar-refractivity contribution in [2.75, 3.05) is 25.4 Å². The summed E-state index contributed by atoms with van der Waals surface area (Å²) in [5.41, 5.74) is 1.16. The van der Waals surface area contributed by atoms with Gasteiger partial charge in [-0.25, -0.2) is 0 Å². The number of pyridine rings is 1. The number of hydrogen-bond donors (Lipinski definition) is 1. The number of nitrogens with one attached hydrogen (secondary N) is 1. The summed E-state index contributed by atoms with van der Waals surface area (Å²) in [6.45, 7) is 4.10. The number of nitrogens with zero attached hydrogens (tertiary/aromatic N) is 2. The van der Waals surface area contributed by atoms with E-state index in [0.29, 0.717) is 11.7 Å². The number of likely N-dealkylation sites (tertiary alicyclic amines) is 1. The van der Waals surface area contributed by atoms with Crippen molar-refractivity contribution in [3.63, 3.8) is 0 Å². The molecule has 1 N–H and O–H groups in total. The molecule has 0 unspecified atom stereocenters. The molecule has 134 valence electrons. The highest BCUT2D eigenvalue weighted by Gasteiger charge is 2.20. The van der Waals surface area contributed by atoms with Crippen LogP contribution < -0.4 is 5.32 Å². The smallest absolute Gasteiger partial charge is 0.230 e. The number of piperidine rings is 1. The van der Waals surface area contributed by atoms with E-state index in [0.717, 1.165) is 31.0 Å². The Labute approximate surface area is 158 Å². The zero-order chi connectivity index (χ0) is 17.3. The average Bonchev–Trinajstić information content (AvgIpc) is 3.14. The van der Waals surface area contributed by atoms with Gasteiger partial charge in [-0.15, -0.1) is 23.1 Å². The molecule has 0 saturated carbocycles. The first-order chi connectivity index (χ1) is 12.3. The summed E-state index contributed by atoms with van der Waals surface area (Å²) >= 11 is 3.47. The lowest BCUT2D eigenvalue weighted by molar-refractivity contribution is -0.118. The second-order valence-corrected chi connectivity index (χ2v) is 8.50. The summed E-state index contributed by atoms with van der Waals surface area (Å²) in [6, 6.07) is 8.30. The highest BCUT2D eigenvalue weighted by molar-refractivity contribution is 7.99. The first kappa shape index (κ1) is 18.4. The standard InChI is InChI=1S/C19H25N3OS2/c23-19(15-24-14-17-4-1-7-20-10-17)21-11-16-5-2-8-22(12-16)13-18-6-3-9-25-18/h1,3-4,6-7,9-10,16H,2,5,8,11-15H2,(H,21,23)/t16-/m0/s1. The molecule has 3 rings (SSSR count). The fourth-order valence-corrected chi connectivity index (χ4v) is 4.68. The monoisotopic (exact) mass is 375 g/mol. The van der Waals surface area contributed by atoms with Crippen molar-refractivity contribution in [1.29, 1.82) is 0 Å². The van der Waals surface area contributed by atoms with E-state index in [-0.39, 0.29) is 5.91 Å². The fraction of sp³-hybridized carbons (Fsp3) is 0.474. The van der Waals surface area contributed by atoms with E-state index < -0.39 is 0 Å². The third-order valence-corrected chi connectivity index (χ3v) is 6.24. The van der Waals surface area contributed by atoms with Crippen LogP contribution in [0.3, 0.4) is 0 Å². The molecule has 0 radical (unpaired) electrons. The van der Waals surface area contributed by atoms with Crippen LogP contribution in [0.15, 0.2) is 42.0 Å². The van der Waals surface area contributed by atoms with Crippen LogP contribution in [0, 0.1) is 5.92 Å². The minimum atomic E-state index is 0.143. The maximum atomic E-state index is 12.1. The lowest BCUT2D eigenvalue weighted by Crippen LogP contribution is -2.40. The van der Waals surface area contributed by atoms with Crippen molar-refractivity contribution < 1.29 is 4.79 Å². The topological polar surface area (TPSA) is 45.2 Å². The zero-order valence-electron chi connectivity index (χ0n) is 14.4. The van der Waals surface area contributed by atoms with E-state index in [2.05, 4.69) is 32.7 Å². The molecule has 0 bridgehead atoms. The highest BCUT2D eigenvalue weighted by atomic mass is 32.2. The summed E-state index contributed by atoms with van der Waals surface area (Å²) in [4.78, 5) is 20.1. The van der Waals surface area contributed by atoms with Crippen molar-refractivity contribution >= 4 is 29.0 Å². The van der Waals surface area contributed by atoms with Gasteiger partial charge in [0.25, 0.3) is 0 Å². The van der Waals surface area contributed by atoms with E-state index in [9.17, 15) is 4.79 Å². The summed E-state index contributed by atoms with van der Waals surface area (Å²) in [6.07, 6.45) is 6.06. The van der Waals surface area contributed by atoms with Crippen molar-refractivity contribution in [1.82, 2.24) is 15.2 Å². The Kier molecular flexibility index (Phi) is 7.33.